The number of benzene rings is 1. The largest absolute Gasteiger partial charge is 0.494 e. The fourth-order valence-electron chi connectivity index (χ4n) is 1.71. The minimum atomic E-state index is -0.362. The Kier molecular flexibility index (Phi) is 4.40. The topological polar surface area (TPSA) is 64.9 Å². The van der Waals surface area contributed by atoms with Gasteiger partial charge in [0, 0.05) is 6.07 Å². The maximum atomic E-state index is 13.2. The Morgan fingerprint density at radius 2 is 2.26 bits per heavy atom. The smallest absolute Gasteiger partial charge is 0.170 e. The molecule has 19 heavy (non-hydrogen) atoms. The summed E-state index contributed by atoms with van der Waals surface area (Å²) in [6.45, 7) is 3.51. The highest BCUT2D eigenvalue weighted by Gasteiger charge is 2.13. The zero-order valence-electron chi connectivity index (χ0n) is 10.9. The number of ether oxygens (including phenoxy) is 1. The van der Waals surface area contributed by atoms with Gasteiger partial charge in [-0.15, -0.1) is 5.10 Å². The van der Waals surface area contributed by atoms with Crippen molar-refractivity contribution in [3.63, 3.8) is 0 Å². The zero-order chi connectivity index (χ0) is 13.7. The van der Waals surface area contributed by atoms with Crippen LogP contribution >= 0.6 is 0 Å². The highest BCUT2D eigenvalue weighted by Crippen LogP contribution is 2.23. The van der Waals surface area contributed by atoms with Crippen LogP contribution in [0.15, 0.2) is 18.2 Å². The average molecular weight is 265 g/mol. The van der Waals surface area contributed by atoms with E-state index in [0.29, 0.717) is 23.8 Å². The molecule has 1 aromatic carbocycles. The maximum absolute atomic E-state index is 13.2. The molecule has 0 saturated carbocycles. The van der Waals surface area contributed by atoms with Crippen molar-refractivity contribution in [2.45, 2.75) is 19.9 Å². The highest BCUT2D eigenvalue weighted by molar-refractivity contribution is 5.46. The van der Waals surface area contributed by atoms with Crippen LogP contribution in [0.25, 0.3) is 5.69 Å². The van der Waals surface area contributed by atoms with Crippen LogP contribution in [0.4, 0.5) is 4.39 Å². The number of methoxy groups -OCH3 is 1. The summed E-state index contributed by atoms with van der Waals surface area (Å²) < 4.78 is 19.9. The molecule has 0 aliphatic heterocycles. The highest BCUT2D eigenvalue weighted by atomic mass is 19.1. The van der Waals surface area contributed by atoms with Gasteiger partial charge in [-0.1, -0.05) is 6.92 Å². The molecule has 7 heteroatoms. The zero-order valence-corrected chi connectivity index (χ0v) is 10.9. The summed E-state index contributed by atoms with van der Waals surface area (Å²) in [5.74, 6) is 0.682. The van der Waals surface area contributed by atoms with Gasteiger partial charge in [0.1, 0.15) is 17.3 Å². The van der Waals surface area contributed by atoms with E-state index in [2.05, 4.69) is 27.8 Å². The maximum Gasteiger partial charge on any atom is 0.170 e. The summed E-state index contributed by atoms with van der Waals surface area (Å²) in [5, 5.41) is 14.7. The van der Waals surface area contributed by atoms with Gasteiger partial charge < -0.3 is 10.1 Å². The summed E-state index contributed by atoms with van der Waals surface area (Å²) in [6.07, 6.45) is 1.03. The molecule has 1 N–H and O–H groups in total. The second-order valence-electron chi connectivity index (χ2n) is 4.00. The van der Waals surface area contributed by atoms with Gasteiger partial charge in [0.25, 0.3) is 0 Å². The van der Waals surface area contributed by atoms with Crippen molar-refractivity contribution in [2.24, 2.45) is 0 Å². The SMILES string of the molecule is CCCNCc1nnnn1-c1ccc(F)cc1OC. The van der Waals surface area contributed by atoms with Crippen molar-refractivity contribution >= 4 is 0 Å². The Balaban J connectivity index is 2.29. The van der Waals surface area contributed by atoms with Crippen LogP contribution in [0.1, 0.15) is 19.2 Å². The predicted octanol–water partition coefficient (Wildman–Crippen LogP) is 1.31. The van der Waals surface area contributed by atoms with Gasteiger partial charge in [-0.05, 0) is 35.5 Å². The number of aromatic nitrogens is 4. The van der Waals surface area contributed by atoms with Crippen molar-refractivity contribution < 1.29 is 9.13 Å². The van der Waals surface area contributed by atoms with Gasteiger partial charge in [0.2, 0.25) is 0 Å². The van der Waals surface area contributed by atoms with Crippen molar-refractivity contribution in [3.05, 3.63) is 29.8 Å². The quantitative estimate of drug-likeness (QED) is 0.798. The van der Waals surface area contributed by atoms with Gasteiger partial charge in [-0.25, -0.2) is 4.39 Å². The molecule has 0 bridgehead atoms. The first kappa shape index (κ1) is 13.4. The van der Waals surface area contributed by atoms with Gasteiger partial charge >= 0.3 is 0 Å². The molecule has 0 amide bonds. The minimum Gasteiger partial charge on any atom is -0.494 e. The van der Waals surface area contributed by atoms with E-state index >= 15 is 0 Å². The van der Waals surface area contributed by atoms with E-state index in [1.165, 1.54) is 19.2 Å². The summed E-state index contributed by atoms with van der Waals surface area (Å²) >= 11 is 0. The van der Waals surface area contributed by atoms with Crippen LogP contribution in [-0.2, 0) is 6.54 Å². The van der Waals surface area contributed by atoms with Gasteiger partial charge in [-0.2, -0.15) is 4.68 Å². The number of tetrazole rings is 1. The molecule has 102 valence electrons. The summed E-state index contributed by atoms with van der Waals surface area (Å²) in [7, 11) is 1.48. The van der Waals surface area contributed by atoms with Crippen LogP contribution in [0.2, 0.25) is 0 Å². The molecule has 0 spiro atoms. The Labute approximate surface area is 110 Å². The lowest BCUT2D eigenvalue weighted by molar-refractivity contribution is 0.407. The molecule has 0 radical (unpaired) electrons. The minimum absolute atomic E-state index is 0.362. The molecular weight excluding hydrogens is 249 g/mol. The van der Waals surface area contributed by atoms with Gasteiger partial charge in [0.15, 0.2) is 5.82 Å². The molecule has 0 fully saturated rings. The monoisotopic (exact) mass is 265 g/mol. The normalized spacial score (nSPS) is 10.7. The molecule has 2 aromatic rings. The first-order valence-electron chi connectivity index (χ1n) is 6.08. The number of rotatable bonds is 6. The second-order valence-corrected chi connectivity index (χ2v) is 4.00. The average Bonchev–Trinajstić information content (AvgIpc) is 2.87. The van der Waals surface area contributed by atoms with Crippen molar-refractivity contribution in [2.75, 3.05) is 13.7 Å². The Morgan fingerprint density at radius 3 is 3.00 bits per heavy atom. The third-order valence-corrected chi connectivity index (χ3v) is 2.61. The summed E-state index contributed by atoms with van der Waals surface area (Å²) in [6, 6.07) is 4.25. The molecule has 6 nitrogen and oxygen atoms in total. The number of hydrogen-bond donors (Lipinski definition) is 1. The van der Waals surface area contributed by atoms with Gasteiger partial charge in [0.05, 0.1) is 13.7 Å². The van der Waals surface area contributed by atoms with Crippen LogP contribution in [0.3, 0.4) is 0 Å². The fourth-order valence-corrected chi connectivity index (χ4v) is 1.71. The second kappa shape index (κ2) is 6.24. The van der Waals surface area contributed by atoms with Crippen LogP contribution < -0.4 is 10.1 Å². The van der Waals surface area contributed by atoms with Crippen molar-refractivity contribution in [3.8, 4) is 11.4 Å². The van der Waals surface area contributed by atoms with Crippen LogP contribution in [0, 0.1) is 5.82 Å². The van der Waals surface area contributed by atoms with E-state index in [-0.39, 0.29) is 5.82 Å². The first-order valence-corrected chi connectivity index (χ1v) is 6.08. The van der Waals surface area contributed by atoms with Crippen LogP contribution in [-0.4, -0.2) is 33.9 Å². The number of hydrogen-bond acceptors (Lipinski definition) is 5. The molecule has 1 aromatic heterocycles. The molecule has 0 saturated heterocycles. The number of nitrogens with zero attached hydrogens (tertiary/aromatic N) is 4. The molecule has 0 aliphatic rings. The lowest BCUT2D eigenvalue weighted by atomic mass is 10.3. The number of halogens is 1. The van der Waals surface area contributed by atoms with E-state index in [1.807, 2.05) is 0 Å². The standard InChI is InChI=1S/C12H16FN5O/c1-3-6-14-8-12-15-16-17-18(12)10-5-4-9(13)7-11(10)19-2/h4-5,7,14H,3,6,8H2,1-2H3. The van der Waals surface area contributed by atoms with Crippen LogP contribution in [0.5, 0.6) is 5.75 Å². The molecular formula is C12H16FN5O. The molecule has 0 unspecified atom stereocenters. The van der Waals surface area contributed by atoms with E-state index in [4.69, 9.17) is 4.74 Å². The van der Waals surface area contributed by atoms with E-state index < -0.39 is 0 Å². The van der Waals surface area contributed by atoms with E-state index in [9.17, 15) is 4.39 Å². The van der Waals surface area contributed by atoms with Crippen molar-refractivity contribution in [1.29, 1.82) is 0 Å². The summed E-state index contributed by atoms with van der Waals surface area (Å²) in [4.78, 5) is 0. The lowest BCUT2D eigenvalue weighted by Crippen LogP contribution is -2.18. The molecule has 1 heterocycles. The molecule has 0 aliphatic carbocycles. The Hall–Kier alpha value is -2.02. The number of nitrogens with one attached hydrogen (secondary N) is 1. The third kappa shape index (κ3) is 3.05. The third-order valence-electron chi connectivity index (χ3n) is 2.61. The molecule has 0 atom stereocenters. The van der Waals surface area contributed by atoms with Gasteiger partial charge in [-0.3, -0.25) is 0 Å². The van der Waals surface area contributed by atoms with E-state index in [0.717, 1.165) is 13.0 Å². The first-order chi connectivity index (χ1) is 9.26. The Bertz CT molecular complexity index is 543. The van der Waals surface area contributed by atoms with Crippen molar-refractivity contribution in [1.82, 2.24) is 25.5 Å². The Morgan fingerprint density at radius 1 is 1.42 bits per heavy atom. The molecule has 2 rings (SSSR count). The predicted molar refractivity (Wildman–Crippen MR) is 67.7 cm³/mol. The fraction of sp³-hybridized carbons (Fsp3) is 0.417. The van der Waals surface area contributed by atoms with E-state index in [1.54, 1.807) is 10.7 Å². The lowest BCUT2D eigenvalue weighted by Gasteiger charge is -2.09. The summed E-state index contributed by atoms with van der Waals surface area (Å²) in [5.41, 5.74) is 0.613.